The summed E-state index contributed by atoms with van der Waals surface area (Å²) >= 11 is 11.8. The molecule has 0 aliphatic carbocycles. The molecular formula is C54H83N19O10S3. The van der Waals surface area contributed by atoms with E-state index in [-0.39, 0.29) is 68.9 Å². The molecule has 0 spiro atoms. The van der Waals surface area contributed by atoms with Crippen molar-refractivity contribution in [3.8, 4) is 0 Å². The summed E-state index contributed by atoms with van der Waals surface area (Å²) in [6, 6.07) is -1.39. The summed E-state index contributed by atoms with van der Waals surface area (Å²) in [6.45, 7) is 11.3. The standard InChI is InChI=1S/C54H83N19O10S3/c1-28(2)21-39(50(81)66-37(46(56)77)18-20-86-9)67-51(82)41(23-34-25-58-27-62-34)65-44(76)26-61-52(83)45(29(3)4)69-47(78)32(7)63-49(80)40(22-33-24-60-36-14-11-10-13-35(33)36)68-48(79)38(16-17-42(55)74)64-43(75)15-12-19-59-54(85)73-71-31(6)30(5)70-72-53(84)57-8/h10-11,13-14,24-25,27-29,32,37-41,45,60H,12,15-23,26H2,1-9H3,(H2,55,74)(H2,56,77)(H,58,62)(H,61,83)(H,63,80)(H,64,75)(H,65,76)(H,66,81)(H,67,82)(H,68,79)(H,69,78)(H2,57,72,84)(H2,59,73,85)/b70-30+,71-31+/t32-,37?,38?,39?,40?,41?,45?/m0/s1. The second-order valence-corrected chi connectivity index (χ2v) is 22.6. The van der Waals surface area contributed by atoms with Crippen LogP contribution in [-0.2, 0) is 60.8 Å². The highest BCUT2D eigenvalue weighted by Gasteiger charge is 2.34. The van der Waals surface area contributed by atoms with E-state index >= 15 is 0 Å². The third-order valence-corrected chi connectivity index (χ3v) is 14.2. The Bertz CT molecular complexity index is 2900. The lowest BCUT2D eigenvalue weighted by Gasteiger charge is -2.26. The molecule has 29 nitrogen and oxygen atoms in total. The zero-order valence-corrected chi connectivity index (χ0v) is 52.3. The number of hydrazone groups is 2. The summed E-state index contributed by atoms with van der Waals surface area (Å²) in [6.07, 6.45) is 6.27. The third kappa shape index (κ3) is 25.9. The van der Waals surface area contributed by atoms with Gasteiger partial charge >= 0.3 is 0 Å². The molecule has 3 aromatic rings. The van der Waals surface area contributed by atoms with Gasteiger partial charge in [0.05, 0.1) is 24.3 Å². The van der Waals surface area contributed by atoms with Gasteiger partial charge in [-0.05, 0) is 106 Å². The van der Waals surface area contributed by atoms with E-state index in [1.54, 1.807) is 47.0 Å². The van der Waals surface area contributed by atoms with E-state index in [2.05, 4.69) is 89.2 Å². The Hall–Kier alpha value is -8.26. The Balaban J connectivity index is 1.71. The number of carbonyl (C=O) groups is 10. The molecule has 2 aromatic heterocycles. The van der Waals surface area contributed by atoms with E-state index in [1.165, 1.54) is 31.2 Å². The van der Waals surface area contributed by atoms with Crippen LogP contribution in [-0.4, -0.2) is 170 Å². The van der Waals surface area contributed by atoms with Crippen LogP contribution < -0.4 is 75.5 Å². The van der Waals surface area contributed by atoms with Crippen LogP contribution in [0.25, 0.3) is 10.9 Å². The molecule has 6 unspecified atom stereocenters. The van der Waals surface area contributed by atoms with Crippen LogP contribution in [0.4, 0.5) is 0 Å². The first kappa shape index (κ1) is 72.0. The summed E-state index contributed by atoms with van der Waals surface area (Å²) in [7, 11) is 1.65. The maximum Gasteiger partial charge on any atom is 0.243 e. The number of thiocarbonyl (C=S) groups is 2. The van der Waals surface area contributed by atoms with Gasteiger partial charge in [-0.2, -0.15) is 22.0 Å². The molecule has 2 heterocycles. The van der Waals surface area contributed by atoms with Crippen LogP contribution in [0.1, 0.15) is 98.2 Å². The van der Waals surface area contributed by atoms with Crippen molar-refractivity contribution >= 4 is 128 Å². The average molecular weight is 1250 g/mol. The van der Waals surface area contributed by atoms with Crippen LogP contribution in [0.5, 0.6) is 0 Å². The van der Waals surface area contributed by atoms with Crippen LogP contribution >= 0.6 is 36.2 Å². The van der Waals surface area contributed by atoms with Gasteiger partial charge in [-0.3, -0.25) is 58.8 Å². The molecule has 0 aliphatic rings. The van der Waals surface area contributed by atoms with Crippen molar-refractivity contribution < 1.29 is 47.9 Å². The fourth-order valence-corrected chi connectivity index (χ4v) is 8.78. The van der Waals surface area contributed by atoms with Gasteiger partial charge in [0.25, 0.3) is 0 Å². The molecule has 0 radical (unpaired) electrons. The molecule has 3 rings (SSSR count). The fraction of sp³-hybridized carbons (Fsp3) is 0.537. The van der Waals surface area contributed by atoms with E-state index in [0.717, 1.165) is 10.9 Å². The summed E-state index contributed by atoms with van der Waals surface area (Å²) in [5.41, 5.74) is 19.2. The Morgan fingerprint density at radius 2 is 1.27 bits per heavy atom. The molecule has 0 bridgehead atoms. The minimum absolute atomic E-state index is 0.0787. The van der Waals surface area contributed by atoms with Crippen molar-refractivity contribution in [2.75, 3.05) is 32.1 Å². The highest BCUT2D eigenvalue weighted by atomic mass is 32.2. The SMILES string of the molecule is CNC(=S)N/N=C(C)/C(C)=N/NC(=S)NCCCC(=O)NC(CCC(N)=O)C(=O)NC(Cc1c[nH]c2ccccc12)C(=O)N[C@@H](C)C(=O)NC(C(=O)NCC(=O)NC(Cc1cnc[nH]1)C(=O)NC(CC(C)C)C(=O)NC(CCSC)C(N)=O)C(C)C. The molecule has 0 aliphatic heterocycles. The molecule has 0 fully saturated rings. The largest absolute Gasteiger partial charge is 0.370 e. The number of aromatic nitrogens is 3. The monoisotopic (exact) mass is 1250 g/mol. The number of amides is 10. The summed E-state index contributed by atoms with van der Waals surface area (Å²) in [4.78, 5) is 144. The van der Waals surface area contributed by atoms with Crippen molar-refractivity contribution in [3.05, 3.63) is 54.2 Å². The number of para-hydroxylation sites is 1. The van der Waals surface area contributed by atoms with Gasteiger partial charge < -0.3 is 74.6 Å². The van der Waals surface area contributed by atoms with Crippen molar-refractivity contribution in [1.82, 2.24) is 79.0 Å². The molecule has 32 heteroatoms. The molecule has 18 N–H and O–H groups in total. The van der Waals surface area contributed by atoms with Gasteiger partial charge in [0.2, 0.25) is 59.1 Å². The van der Waals surface area contributed by atoms with Crippen molar-refractivity contribution in [1.29, 1.82) is 0 Å². The van der Waals surface area contributed by atoms with Gasteiger partial charge in [0.15, 0.2) is 10.2 Å². The van der Waals surface area contributed by atoms with E-state index in [9.17, 15) is 47.9 Å². The number of H-pyrrole nitrogens is 2. The van der Waals surface area contributed by atoms with Crippen LogP contribution in [0.2, 0.25) is 0 Å². The summed E-state index contributed by atoms with van der Waals surface area (Å²) < 4.78 is 0. The average Bonchev–Trinajstić information content (AvgIpc) is 2.92. The predicted octanol–water partition coefficient (Wildman–Crippen LogP) is -1.50. The number of fused-ring (bicyclic) bond motifs is 1. The van der Waals surface area contributed by atoms with Gasteiger partial charge in [-0.25, -0.2) is 4.98 Å². The predicted molar refractivity (Wildman–Crippen MR) is 335 cm³/mol. The number of imidazole rings is 1. The van der Waals surface area contributed by atoms with Gasteiger partial charge in [0.1, 0.15) is 42.3 Å². The first-order chi connectivity index (χ1) is 40.7. The molecular weight excluding hydrogens is 1170 g/mol. The van der Waals surface area contributed by atoms with E-state index in [4.69, 9.17) is 35.9 Å². The number of thioether (sulfide) groups is 1. The highest BCUT2D eigenvalue weighted by Crippen LogP contribution is 2.20. The zero-order chi connectivity index (χ0) is 64.0. The maximum atomic E-state index is 14.3. The summed E-state index contributed by atoms with van der Waals surface area (Å²) in [5.74, 6) is -7.53. The second kappa shape index (κ2) is 37.2. The first-order valence-electron chi connectivity index (χ1n) is 27.8. The van der Waals surface area contributed by atoms with Gasteiger partial charge in [-0.1, -0.05) is 45.9 Å². The number of benzene rings is 1. The number of nitrogens with zero attached hydrogens (tertiary/aromatic N) is 3. The van der Waals surface area contributed by atoms with Gasteiger partial charge in [0, 0.05) is 68.3 Å². The number of carbonyl (C=O) groups excluding carboxylic acids is 10. The zero-order valence-electron chi connectivity index (χ0n) is 49.8. The Morgan fingerprint density at radius 1 is 0.663 bits per heavy atom. The second-order valence-electron chi connectivity index (χ2n) is 20.8. The van der Waals surface area contributed by atoms with Crippen molar-refractivity contribution in [2.45, 2.75) is 142 Å². The number of nitrogens with one attached hydrogen (secondary N) is 14. The van der Waals surface area contributed by atoms with Crippen molar-refractivity contribution in [2.24, 2.45) is 33.5 Å². The topological polar surface area (TPSA) is 436 Å². The van der Waals surface area contributed by atoms with Crippen LogP contribution in [0, 0.1) is 11.8 Å². The first-order valence-corrected chi connectivity index (χ1v) is 30.0. The Labute approximate surface area is 514 Å². The molecule has 86 heavy (non-hydrogen) atoms. The normalized spacial score (nSPS) is 13.9. The number of nitrogens with two attached hydrogens (primary N) is 2. The van der Waals surface area contributed by atoms with E-state index in [0.29, 0.717) is 33.5 Å². The minimum Gasteiger partial charge on any atom is -0.370 e. The molecule has 472 valence electrons. The number of rotatable bonds is 36. The third-order valence-electron chi connectivity index (χ3n) is 13.0. The lowest BCUT2D eigenvalue weighted by atomic mass is 10.0. The molecule has 7 atom stereocenters. The minimum atomic E-state index is -1.37. The molecule has 0 saturated heterocycles. The number of aromatic amines is 2. The van der Waals surface area contributed by atoms with Crippen molar-refractivity contribution in [3.63, 3.8) is 0 Å². The smallest absolute Gasteiger partial charge is 0.243 e. The lowest BCUT2D eigenvalue weighted by molar-refractivity contribution is -0.135. The number of hydrogen-bond acceptors (Lipinski definition) is 16. The van der Waals surface area contributed by atoms with Gasteiger partial charge in [-0.15, -0.1) is 0 Å². The number of primary amides is 2. The Morgan fingerprint density at radius 3 is 1.88 bits per heavy atom. The van der Waals surface area contributed by atoms with E-state index in [1.807, 2.05) is 38.3 Å². The van der Waals surface area contributed by atoms with Crippen LogP contribution in [0.3, 0.4) is 0 Å². The highest BCUT2D eigenvalue weighted by molar-refractivity contribution is 7.98. The maximum absolute atomic E-state index is 14.3. The fourth-order valence-electron chi connectivity index (χ4n) is 8.11. The van der Waals surface area contributed by atoms with Crippen LogP contribution in [0.15, 0.2) is 53.2 Å². The number of hydrogen-bond donors (Lipinski definition) is 16. The molecule has 10 amide bonds. The molecule has 1 aromatic carbocycles. The van der Waals surface area contributed by atoms with E-state index < -0.39 is 114 Å². The Kier molecular flexibility index (Phi) is 31.2. The quantitative estimate of drug-likeness (QED) is 0.0136. The lowest BCUT2D eigenvalue weighted by Crippen LogP contribution is -2.59. The molecule has 0 saturated carbocycles. The summed E-state index contributed by atoms with van der Waals surface area (Å²) in [5, 5.41) is 36.2.